The highest BCUT2D eigenvalue weighted by Crippen LogP contribution is 2.35. The van der Waals surface area contributed by atoms with E-state index in [1.165, 1.54) is 0 Å². The van der Waals surface area contributed by atoms with Crippen LogP contribution in [0.15, 0.2) is 83.5 Å². The average Bonchev–Trinajstić information content (AvgIpc) is 3.08. The van der Waals surface area contributed by atoms with Crippen molar-refractivity contribution in [2.75, 3.05) is 16.8 Å². The lowest BCUT2D eigenvalue weighted by atomic mass is 10.0. The van der Waals surface area contributed by atoms with E-state index < -0.39 is 17.8 Å². The number of hydrogen-bond acceptors (Lipinski definition) is 6. The first-order chi connectivity index (χ1) is 17.3. The number of carbonyl (C=O) groups is 3. The van der Waals surface area contributed by atoms with Gasteiger partial charge in [0.25, 0.3) is 11.8 Å². The van der Waals surface area contributed by atoms with Gasteiger partial charge in [-0.15, -0.1) is 0 Å². The Balaban J connectivity index is 1.50. The van der Waals surface area contributed by atoms with Crippen LogP contribution in [-0.4, -0.2) is 24.4 Å². The summed E-state index contributed by atoms with van der Waals surface area (Å²) in [5.41, 5.74) is 1.99. The van der Waals surface area contributed by atoms with E-state index in [0.717, 1.165) is 10.5 Å². The van der Waals surface area contributed by atoms with Gasteiger partial charge in [0.2, 0.25) is 0 Å². The Morgan fingerprint density at radius 2 is 1.56 bits per heavy atom. The van der Waals surface area contributed by atoms with Crippen LogP contribution in [0.3, 0.4) is 0 Å². The smallest absolute Gasteiger partial charge is 0.343 e. The lowest BCUT2D eigenvalue weighted by molar-refractivity contribution is -0.120. The minimum Gasteiger partial charge on any atom is -0.492 e. The first kappa shape index (κ1) is 25.0. The summed E-state index contributed by atoms with van der Waals surface area (Å²) in [5, 5.41) is 2.67. The summed E-state index contributed by atoms with van der Waals surface area (Å²) in [4.78, 5) is 39.6. The van der Waals surface area contributed by atoms with Gasteiger partial charge in [-0.2, -0.15) is 0 Å². The fourth-order valence-electron chi connectivity index (χ4n) is 3.79. The van der Waals surface area contributed by atoms with E-state index in [9.17, 15) is 14.4 Å². The highest BCUT2D eigenvalue weighted by Gasteiger charge is 2.40. The number of imide groups is 1. The Morgan fingerprint density at radius 1 is 0.917 bits per heavy atom. The predicted molar refractivity (Wildman–Crippen MR) is 139 cm³/mol. The molecule has 2 amide bonds. The molecule has 4 rings (SSSR count). The van der Waals surface area contributed by atoms with Gasteiger partial charge in [-0.3, -0.25) is 9.59 Å². The minimum atomic E-state index is -0.652. The lowest BCUT2D eigenvalue weighted by Gasteiger charge is -2.18. The number of carbonyl (C=O) groups excluding carboxylic acids is 3. The quantitative estimate of drug-likeness (QED) is 0.235. The Morgan fingerprint density at radius 3 is 2.22 bits per heavy atom. The van der Waals surface area contributed by atoms with Gasteiger partial charge >= 0.3 is 5.97 Å². The number of hydrogen-bond donors (Lipinski definition) is 1. The van der Waals surface area contributed by atoms with Gasteiger partial charge in [-0.25, -0.2) is 9.69 Å². The third-order valence-corrected chi connectivity index (χ3v) is 5.92. The number of benzene rings is 3. The molecule has 1 aliphatic rings. The van der Waals surface area contributed by atoms with Crippen molar-refractivity contribution < 1.29 is 23.9 Å². The number of ether oxygens (including phenoxy) is 2. The van der Waals surface area contributed by atoms with Gasteiger partial charge in [0.15, 0.2) is 0 Å². The molecule has 1 N–H and O–H groups in total. The maximum Gasteiger partial charge on any atom is 0.343 e. The van der Waals surface area contributed by atoms with Crippen LogP contribution in [-0.2, 0) is 9.59 Å². The molecule has 184 valence electrons. The van der Waals surface area contributed by atoms with E-state index in [1.807, 2.05) is 39.0 Å². The standard InChI is InChI=1S/C28H25ClN2O5/c1-4-35-23-12-8-6-10-21(23)31-26(32)24(29)25(27(31)33)30-19-15-13-18(14-16-19)28(34)36-22-11-7-5-9-20(22)17(2)3/h5-17,30H,4H2,1-3H3. The molecule has 1 aliphatic heterocycles. The maximum atomic E-state index is 13.1. The third-order valence-electron chi connectivity index (χ3n) is 5.57. The molecular weight excluding hydrogens is 480 g/mol. The number of halogens is 1. The fraction of sp³-hybridized carbons (Fsp3) is 0.179. The van der Waals surface area contributed by atoms with E-state index in [1.54, 1.807) is 54.6 Å². The van der Waals surface area contributed by atoms with E-state index in [0.29, 0.717) is 35.0 Å². The van der Waals surface area contributed by atoms with E-state index >= 15 is 0 Å². The van der Waals surface area contributed by atoms with Crippen molar-refractivity contribution in [3.63, 3.8) is 0 Å². The molecule has 3 aromatic carbocycles. The maximum absolute atomic E-state index is 13.1. The SMILES string of the molecule is CCOc1ccccc1N1C(=O)C(Cl)=C(Nc2ccc(C(=O)Oc3ccccc3C(C)C)cc2)C1=O. The Kier molecular flexibility index (Phi) is 7.41. The Bertz CT molecular complexity index is 1350. The Labute approximate surface area is 214 Å². The van der Waals surface area contributed by atoms with E-state index in [4.69, 9.17) is 21.1 Å². The summed E-state index contributed by atoms with van der Waals surface area (Å²) in [6.07, 6.45) is 0. The van der Waals surface area contributed by atoms with Crippen molar-refractivity contribution in [3.05, 3.63) is 94.7 Å². The summed E-state index contributed by atoms with van der Waals surface area (Å²) in [6.45, 7) is 6.24. The molecule has 0 aromatic heterocycles. The first-order valence-corrected chi connectivity index (χ1v) is 11.9. The first-order valence-electron chi connectivity index (χ1n) is 11.5. The normalized spacial score (nSPS) is 13.4. The summed E-state index contributed by atoms with van der Waals surface area (Å²) < 4.78 is 11.2. The fourth-order valence-corrected chi connectivity index (χ4v) is 4.01. The van der Waals surface area contributed by atoms with Crippen LogP contribution in [0.5, 0.6) is 11.5 Å². The molecule has 0 saturated carbocycles. The number of para-hydroxylation sites is 3. The molecule has 36 heavy (non-hydrogen) atoms. The number of nitrogens with zero attached hydrogens (tertiary/aromatic N) is 1. The summed E-state index contributed by atoms with van der Waals surface area (Å²) in [5.74, 6) is -0.650. The molecule has 1 heterocycles. The van der Waals surface area contributed by atoms with E-state index in [2.05, 4.69) is 5.32 Å². The predicted octanol–water partition coefficient (Wildman–Crippen LogP) is 5.86. The molecule has 0 spiro atoms. The van der Waals surface area contributed by atoms with Crippen molar-refractivity contribution >= 4 is 40.8 Å². The summed E-state index contributed by atoms with van der Waals surface area (Å²) >= 11 is 6.25. The number of esters is 1. The average molecular weight is 505 g/mol. The lowest BCUT2D eigenvalue weighted by Crippen LogP contribution is -2.32. The molecule has 0 radical (unpaired) electrons. The highest BCUT2D eigenvalue weighted by atomic mass is 35.5. The number of anilines is 2. The number of rotatable bonds is 8. The number of amides is 2. The van der Waals surface area contributed by atoms with Crippen molar-refractivity contribution in [1.82, 2.24) is 0 Å². The molecule has 3 aromatic rings. The molecular formula is C28H25ClN2O5. The minimum absolute atomic E-state index is 0.0610. The second kappa shape index (κ2) is 10.7. The van der Waals surface area contributed by atoms with Gasteiger partial charge in [-0.1, -0.05) is 55.8 Å². The van der Waals surface area contributed by atoms with E-state index in [-0.39, 0.29) is 16.6 Å². The van der Waals surface area contributed by atoms with Crippen molar-refractivity contribution in [2.45, 2.75) is 26.7 Å². The van der Waals surface area contributed by atoms with Gasteiger partial charge < -0.3 is 14.8 Å². The summed E-state index contributed by atoms with van der Waals surface area (Å²) in [7, 11) is 0. The number of nitrogens with one attached hydrogen (secondary N) is 1. The highest BCUT2D eigenvalue weighted by molar-refractivity contribution is 6.53. The van der Waals surface area contributed by atoms with Crippen LogP contribution in [0.1, 0.15) is 42.6 Å². The molecule has 8 heteroatoms. The van der Waals surface area contributed by atoms with Crippen molar-refractivity contribution in [1.29, 1.82) is 0 Å². The topological polar surface area (TPSA) is 84.9 Å². The van der Waals surface area contributed by atoms with Crippen LogP contribution >= 0.6 is 11.6 Å². The van der Waals surface area contributed by atoms with Crippen LogP contribution < -0.4 is 19.7 Å². The third kappa shape index (κ3) is 4.97. The second-order valence-electron chi connectivity index (χ2n) is 8.32. The molecule has 0 atom stereocenters. The molecule has 0 bridgehead atoms. The largest absolute Gasteiger partial charge is 0.492 e. The van der Waals surface area contributed by atoms with Gasteiger partial charge in [0, 0.05) is 5.69 Å². The molecule has 0 saturated heterocycles. The monoisotopic (exact) mass is 504 g/mol. The second-order valence-corrected chi connectivity index (χ2v) is 8.70. The van der Waals surface area contributed by atoms with Crippen LogP contribution in [0, 0.1) is 0 Å². The van der Waals surface area contributed by atoms with Gasteiger partial charge in [-0.05, 0) is 60.9 Å². The zero-order valence-corrected chi connectivity index (χ0v) is 20.8. The molecule has 0 unspecified atom stereocenters. The van der Waals surface area contributed by atoms with Crippen LogP contribution in [0.2, 0.25) is 0 Å². The zero-order chi connectivity index (χ0) is 25.8. The molecule has 0 aliphatic carbocycles. The molecule has 7 nitrogen and oxygen atoms in total. The zero-order valence-electron chi connectivity index (χ0n) is 20.1. The Hall–Kier alpha value is -4.10. The summed E-state index contributed by atoms with van der Waals surface area (Å²) in [6, 6.07) is 20.5. The molecule has 0 fully saturated rings. The van der Waals surface area contributed by atoms with Crippen molar-refractivity contribution in [2.24, 2.45) is 0 Å². The van der Waals surface area contributed by atoms with Crippen LogP contribution in [0.4, 0.5) is 11.4 Å². The van der Waals surface area contributed by atoms with Crippen molar-refractivity contribution in [3.8, 4) is 11.5 Å². The van der Waals surface area contributed by atoms with Gasteiger partial charge in [0.1, 0.15) is 22.2 Å². The van der Waals surface area contributed by atoms with Gasteiger partial charge in [0.05, 0.1) is 17.9 Å². The van der Waals surface area contributed by atoms with Crippen LogP contribution in [0.25, 0.3) is 0 Å².